The number of nitrogens with one attached hydrogen (secondary N) is 1. The van der Waals surface area contributed by atoms with Gasteiger partial charge in [-0.05, 0) is 57.0 Å². The summed E-state index contributed by atoms with van der Waals surface area (Å²) in [5.74, 6) is -0.830. The van der Waals surface area contributed by atoms with Crippen LogP contribution in [0.3, 0.4) is 0 Å². The fraction of sp³-hybridized carbons (Fsp3) is 0.409. The van der Waals surface area contributed by atoms with Crippen LogP contribution in [0.2, 0.25) is 0 Å². The first-order valence-electron chi connectivity index (χ1n) is 10.4. The molecule has 0 spiro atoms. The highest BCUT2D eigenvalue weighted by Gasteiger charge is 2.29. The minimum absolute atomic E-state index is 0.00139. The molecule has 3 rings (SSSR count). The molecule has 2 aromatic rings. The van der Waals surface area contributed by atoms with Crippen LogP contribution in [0.1, 0.15) is 52.7 Å². The predicted octanol–water partition coefficient (Wildman–Crippen LogP) is 3.00. The fourth-order valence-corrected chi connectivity index (χ4v) is 5.21. The second-order valence-electron chi connectivity index (χ2n) is 7.33. The van der Waals surface area contributed by atoms with Gasteiger partial charge in [-0.3, -0.25) is 4.79 Å². The summed E-state index contributed by atoms with van der Waals surface area (Å²) in [4.78, 5) is 28.8. The topological polar surface area (TPSA) is 115 Å². The molecule has 1 amide bonds. The maximum Gasteiger partial charge on any atom is 0.339 e. The number of esters is 1. The van der Waals surface area contributed by atoms with Crippen molar-refractivity contribution in [2.45, 2.75) is 38.0 Å². The number of piperidine rings is 1. The van der Waals surface area contributed by atoms with E-state index in [2.05, 4.69) is 10.3 Å². The maximum absolute atomic E-state index is 13.2. The molecule has 1 aliphatic rings. The van der Waals surface area contributed by atoms with Crippen molar-refractivity contribution in [1.82, 2.24) is 9.29 Å². The Hall–Kier alpha value is -2.98. The van der Waals surface area contributed by atoms with Gasteiger partial charge in [0.1, 0.15) is 16.3 Å². The average Bonchev–Trinajstić information content (AvgIpc) is 2.79. The van der Waals surface area contributed by atoms with Crippen LogP contribution in [0.5, 0.6) is 5.75 Å². The summed E-state index contributed by atoms with van der Waals surface area (Å²) in [5.41, 5.74) is 1.02. The molecule has 10 heteroatoms. The van der Waals surface area contributed by atoms with Crippen molar-refractivity contribution in [3.05, 3.63) is 47.3 Å². The highest BCUT2D eigenvalue weighted by molar-refractivity contribution is 7.89. The van der Waals surface area contributed by atoms with Gasteiger partial charge < -0.3 is 14.8 Å². The lowest BCUT2D eigenvalue weighted by Crippen LogP contribution is -2.35. The Morgan fingerprint density at radius 2 is 1.84 bits per heavy atom. The zero-order chi connectivity index (χ0) is 23.3. The normalized spacial score (nSPS) is 14.6. The van der Waals surface area contributed by atoms with Gasteiger partial charge in [0.05, 0.1) is 25.0 Å². The van der Waals surface area contributed by atoms with Crippen LogP contribution in [0.25, 0.3) is 0 Å². The number of sulfonamides is 1. The number of ether oxygens (including phenoxy) is 2. The quantitative estimate of drug-likeness (QED) is 0.630. The lowest BCUT2D eigenvalue weighted by atomic mass is 10.2. The molecule has 1 saturated heterocycles. The third-order valence-corrected chi connectivity index (χ3v) is 7.09. The van der Waals surface area contributed by atoms with E-state index in [0.717, 1.165) is 19.3 Å². The number of carbonyl (C=O) groups is 2. The number of anilines is 1. The van der Waals surface area contributed by atoms with Crippen LogP contribution < -0.4 is 10.1 Å². The zero-order valence-corrected chi connectivity index (χ0v) is 19.2. The number of nitrogens with zero attached hydrogens (tertiary/aromatic N) is 2. The second-order valence-corrected chi connectivity index (χ2v) is 9.24. The highest BCUT2D eigenvalue weighted by Crippen LogP contribution is 2.31. The van der Waals surface area contributed by atoms with Gasteiger partial charge in [0.15, 0.2) is 0 Å². The number of carbonyl (C=O) groups excluding carboxylic acids is 2. The standard InChI is InChI=1S/C22H27N3O6S/c1-4-31-22(27)17-9-10-18(23-15(17)2)21(26)24-16-8-11-19(30-3)20(14-16)32(28,29)25-12-6-5-7-13-25/h8-11,14H,4-7,12-13H2,1-3H3,(H,24,26). The van der Waals surface area contributed by atoms with Gasteiger partial charge in [0.25, 0.3) is 5.91 Å². The Labute approximate surface area is 187 Å². The van der Waals surface area contributed by atoms with Gasteiger partial charge in [-0.2, -0.15) is 4.31 Å². The molecule has 32 heavy (non-hydrogen) atoms. The van der Waals surface area contributed by atoms with Crippen LogP contribution in [0.4, 0.5) is 5.69 Å². The van der Waals surface area contributed by atoms with E-state index in [1.165, 1.54) is 35.7 Å². The van der Waals surface area contributed by atoms with Crippen molar-refractivity contribution in [1.29, 1.82) is 0 Å². The minimum Gasteiger partial charge on any atom is -0.495 e. The van der Waals surface area contributed by atoms with Gasteiger partial charge in [-0.1, -0.05) is 6.42 Å². The fourth-order valence-electron chi connectivity index (χ4n) is 3.51. The number of rotatable bonds is 7. The van der Waals surface area contributed by atoms with Gasteiger partial charge in [-0.15, -0.1) is 0 Å². The third kappa shape index (κ3) is 5.08. The van der Waals surface area contributed by atoms with Crippen LogP contribution in [0.15, 0.2) is 35.2 Å². The zero-order valence-electron chi connectivity index (χ0n) is 18.4. The molecule has 0 saturated carbocycles. The summed E-state index contributed by atoms with van der Waals surface area (Å²) >= 11 is 0. The van der Waals surface area contributed by atoms with Crippen molar-refractivity contribution >= 4 is 27.6 Å². The number of aromatic nitrogens is 1. The van der Waals surface area contributed by atoms with E-state index in [0.29, 0.717) is 24.5 Å². The molecule has 0 atom stereocenters. The number of amides is 1. The molecule has 1 aliphatic heterocycles. The van der Waals surface area contributed by atoms with E-state index in [1.54, 1.807) is 19.9 Å². The molecule has 0 unspecified atom stereocenters. The van der Waals surface area contributed by atoms with E-state index in [4.69, 9.17) is 9.47 Å². The van der Waals surface area contributed by atoms with Crippen molar-refractivity contribution in [3.63, 3.8) is 0 Å². The number of methoxy groups -OCH3 is 1. The summed E-state index contributed by atoms with van der Waals surface area (Å²) in [6.07, 6.45) is 2.62. The molecule has 0 aliphatic carbocycles. The van der Waals surface area contributed by atoms with Crippen LogP contribution >= 0.6 is 0 Å². The lowest BCUT2D eigenvalue weighted by Gasteiger charge is -2.26. The van der Waals surface area contributed by atoms with Gasteiger partial charge in [-0.25, -0.2) is 18.2 Å². The molecule has 1 aromatic heterocycles. The molecule has 172 valence electrons. The first kappa shape index (κ1) is 23.7. The van der Waals surface area contributed by atoms with Gasteiger partial charge in [0, 0.05) is 18.8 Å². The van der Waals surface area contributed by atoms with Crippen LogP contribution in [-0.4, -0.2) is 56.4 Å². The van der Waals surface area contributed by atoms with E-state index < -0.39 is 21.9 Å². The largest absolute Gasteiger partial charge is 0.495 e. The summed E-state index contributed by atoms with van der Waals surface area (Å²) < 4.78 is 38.0. The Bertz CT molecular complexity index is 1110. The number of hydrogen-bond acceptors (Lipinski definition) is 7. The minimum atomic E-state index is -3.77. The summed E-state index contributed by atoms with van der Waals surface area (Å²) in [6, 6.07) is 7.36. The second kappa shape index (κ2) is 10.1. The predicted molar refractivity (Wildman–Crippen MR) is 118 cm³/mol. The molecule has 0 radical (unpaired) electrons. The van der Waals surface area contributed by atoms with E-state index in [-0.39, 0.29) is 28.5 Å². The van der Waals surface area contributed by atoms with Crippen molar-refractivity contribution in [2.24, 2.45) is 0 Å². The summed E-state index contributed by atoms with van der Waals surface area (Å²) in [5, 5.41) is 2.67. The Morgan fingerprint density at radius 1 is 1.12 bits per heavy atom. The van der Waals surface area contributed by atoms with Crippen molar-refractivity contribution in [3.8, 4) is 5.75 Å². The monoisotopic (exact) mass is 461 g/mol. The van der Waals surface area contributed by atoms with E-state index in [9.17, 15) is 18.0 Å². The molecule has 2 heterocycles. The SMILES string of the molecule is CCOC(=O)c1ccc(C(=O)Nc2ccc(OC)c(S(=O)(=O)N3CCCCC3)c2)nc1C. The van der Waals surface area contributed by atoms with E-state index >= 15 is 0 Å². The summed E-state index contributed by atoms with van der Waals surface area (Å²) in [7, 11) is -2.36. The first-order chi connectivity index (χ1) is 15.3. The molecule has 1 aromatic carbocycles. The van der Waals surface area contributed by atoms with E-state index in [1.807, 2.05) is 0 Å². The van der Waals surface area contributed by atoms with Crippen molar-refractivity contribution < 1.29 is 27.5 Å². The number of hydrogen-bond donors (Lipinski definition) is 1. The van der Waals surface area contributed by atoms with Crippen LogP contribution in [0, 0.1) is 6.92 Å². The Balaban J connectivity index is 1.85. The van der Waals surface area contributed by atoms with Gasteiger partial charge in [0.2, 0.25) is 10.0 Å². The molecule has 1 fully saturated rings. The molecule has 1 N–H and O–H groups in total. The Morgan fingerprint density at radius 3 is 2.47 bits per heavy atom. The lowest BCUT2D eigenvalue weighted by molar-refractivity contribution is 0.0524. The van der Waals surface area contributed by atoms with Crippen LogP contribution in [-0.2, 0) is 14.8 Å². The number of pyridine rings is 1. The van der Waals surface area contributed by atoms with Crippen molar-refractivity contribution in [2.75, 3.05) is 32.1 Å². The Kier molecular flexibility index (Phi) is 7.47. The third-order valence-electron chi connectivity index (χ3n) is 5.17. The number of aryl methyl sites for hydroxylation is 1. The molecule has 0 bridgehead atoms. The highest BCUT2D eigenvalue weighted by atomic mass is 32.2. The molecular weight excluding hydrogens is 434 g/mol. The molecule has 9 nitrogen and oxygen atoms in total. The summed E-state index contributed by atoms with van der Waals surface area (Å²) in [6.45, 7) is 4.47. The smallest absolute Gasteiger partial charge is 0.339 e. The maximum atomic E-state index is 13.2. The van der Waals surface area contributed by atoms with Gasteiger partial charge >= 0.3 is 5.97 Å². The molecular formula is C22H27N3O6S. The first-order valence-corrected chi connectivity index (χ1v) is 11.9. The average molecular weight is 462 g/mol. The number of benzene rings is 1.